The molecule has 0 aromatic carbocycles. The lowest BCUT2D eigenvalue weighted by molar-refractivity contribution is 0.392. The number of hydrogen-bond acceptors (Lipinski definition) is 7. The van der Waals surface area contributed by atoms with E-state index in [4.69, 9.17) is 4.74 Å². The fourth-order valence-corrected chi connectivity index (χ4v) is 1.56. The number of methoxy groups -OCH3 is 1. The van der Waals surface area contributed by atoms with Gasteiger partial charge in [0.05, 0.1) is 7.11 Å². The molecule has 7 nitrogen and oxygen atoms in total. The Labute approximate surface area is 111 Å². The molecule has 0 aliphatic rings. The summed E-state index contributed by atoms with van der Waals surface area (Å²) in [5.41, 5.74) is 1.01. The van der Waals surface area contributed by atoms with E-state index in [0.29, 0.717) is 17.6 Å². The summed E-state index contributed by atoms with van der Waals surface area (Å²) in [6.45, 7) is 1.96. The summed E-state index contributed by atoms with van der Waals surface area (Å²) >= 11 is 0. The van der Waals surface area contributed by atoms with Crippen molar-refractivity contribution in [1.82, 2.24) is 20.2 Å². The first-order valence-electron chi connectivity index (χ1n) is 5.76. The Kier molecular flexibility index (Phi) is 3.74. The van der Waals surface area contributed by atoms with Crippen LogP contribution in [0, 0.1) is 6.92 Å². The fourth-order valence-electron chi connectivity index (χ4n) is 1.56. The van der Waals surface area contributed by atoms with Gasteiger partial charge in [0.25, 0.3) is 0 Å². The van der Waals surface area contributed by atoms with Gasteiger partial charge in [-0.2, -0.15) is 4.98 Å². The number of ether oxygens (including phenoxy) is 1. The van der Waals surface area contributed by atoms with Gasteiger partial charge in [-0.05, 0) is 13.0 Å². The van der Waals surface area contributed by atoms with Crippen LogP contribution < -0.4 is 15.0 Å². The van der Waals surface area contributed by atoms with Crippen molar-refractivity contribution in [3.63, 3.8) is 0 Å². The zero-order valence-corrected chi connectivity index (χ0v) is 11.4. The van der Waals surface area contributed by atoms with Crippen LogP contribution in [0.3, 0.4) is 0 Å². The Bertz CT molecular complexity index is 555. The van der Waals surface area contributed by atoms with Crippen LogP contribution in [0.1, 0.15) is 5.56 Å². The van der Waals surface area contributed by atoms with E-state index in [1.165, 1.54) is 0 Å². The van der Waals surface area contributed by atoms with Crippen LogP contribution in [0.2, 0.25) is 0 Å². The molecular formula is C12H16N6O. The van der Waals surface area contributed by atoms with Gasteiger partial charge in [0.2, 0.25) is 11.8 Å². The number of aromatic nitrogens is 4. The maximum absolute atomic E-state index is 4.95. The van der Waals surface area contributed by atoms with E-state index < -0.39 is 0 Å². The number of rotatable bonds is 4. The second-order valence-corrected chi connectivity index (χ2v) is 4.18. The van der Waals surface area contributed by atoms with Crippen LogP contribution >= 0.6 is 0 Å². The minimum Gasteiger partial charge on any atom is -0.480 e. The van der Waals surface area contributed by atoms with E-state index in [9.17, 15) is 0 Å². The van der Waals surface area contributed by atoms with Crippen molar-refractivity contribution in [2.45, 2.75) is 6.92 Å². The first-order chi connectivity index (χ1) is 9.10. The van der Waals surface area contributed by atoms with Gasteiger partial charge in [-0.3, -0.25) is 0 Å². The maximum atomic E-state index is 4.95. The molecule has 0 amide bonds. The molecule has 0 saturated carbocycles. The Morgan fingerprint density at radius 1 is 1.21 bits per heavy atom. The number of nitrogens with zero attached hydrogens (tertiary/aromatic N) is 5. The highest BCUT2D eigenvalue weighted by Crippen LogP contribution is 2.17. The summed E-state index contributed by atoms with van der Waals surface area (Å²) in [5.74, 6) is 2.37. The highest BCUT2D eigenvalue weighted by atomic mass is 16.5. The number of aryl methyl sites for hydroxylation is 1. The second kappa shape index (κ2) is 5.47. The lowest BCUT2D eigenvalue weighted by Gasteiger charge is -2.14. The van der Waals surface area contributed by atoms with Gasteiger partial charge in [-0.1, -0.05) is 0 Å². The van der Waals surface area contributed by atoms with E-state index >= 15 is 0 Å². The smallest absolute Gasteiger partial charge is 0.233 e. The molecule has 0 atom stereocenters. The molecule has 0 aliphatic carbocycles. The summed E-state index contributed by atoms with van der Waals surface area (Å²) < 4.78 is 4.95. The van der Waals surface area contributed by atoms with Crippen molar-refractivity contribution in [3.05, 3.63) is 23.9 Å². The van der Waals surface area contributed by atoms with Gasteiger partial charge in [0, 0.05) is 31.9 Å². The van der Waals surface area contributed by atoms with Gasteiger partial charge in [0.15, 0.2) is 5.82 Å². The van der Waals surface area contributed by atoms with Crippen molar-refractivity contribution in [2.24, 2.45) is 0 Å². The van der Waals surface area contributed by atoms with Crippen LogP contribution in [0.5, 0.6) is 5.88 Å². The van der Waals surface area contributed by atoms with Crippen molar-refractivity contribution >= 4 is 17.6 Å². The van der Waals surface area contributed by atoms with Gasteiger partial charge in [0.1, 0.15) is 5.82 Å². The molecule has 19 heavy (non-hydrogen) atoms. The van der Waals surface area contributed by atoms with Gasteiger partial charge < -0.3 is 15.0 Å². The molecule has 0 bridgehead atoms. The fraction of sp³-hybridized carbons (Fsp3) is 0.333. The molecule has 2 heterocycles. The molecule has 100 valence electrons. The molecule has 0 fully saturated rings. The molecule has 2 aromatic rings. The van der Waals surface area contributed by atoms with Crippen LogP contribution in [0.15, 0.2) is 18.3 Å². The largest absolute Gasteiger partial charge is 0.480 e. The molecule has 0 radical (unpaired) electrons. The third-order valence-corrected chi connectivity index (χ3v) is 2.46. The summed E-state index contributed by atoms with van der Waals surface area (Å²) in [5, 5.41) is 10.8. The summed E-state index contributed by atoms with van der Waals surface area (Å²) in [6.07, 6.45) is 1.77. The number of nitrogens with one attached hydrogen (secondary N) is 1. The van der Waals surface area contributed by atoms with Crippen LogP contribution in [-0.4, -0.2) is 41.4 Å². The van der Waals surface area contributed by atoms with E-state index in [0.717, 1.165) is 11.4 Å². The van der Waals surface area contributed by atoms with Crippen molar-refractivity contribution in [3.8, 4) is 5.88 Å². The monoisotopic (exact) mass is 260 g/mol. The molecule has 1 N–H and O–H groups in total. The molecular weight excluding hydrogens is 244 g/mol. The predicted molar refractivity (Wildman–Crippen MR) is 73.0 cm³/mol. The first-order valence-corrected chi connectivity index (χ1v) is 5.76. The topological polar surface area (TPSA) is 76.1 Å². The normalized spacial score (nSPS) is 10.1. The Morgan fingerprint density at radius 2 is 2.00 bits per heavy atom. The quantitative estimate of drug-likeness (QED) is 0.890. The average molecular weight is 260 g/mol. The zero-order valence-electron chi connectivity index (χ0n) is 11.4. The number of hydrogen-bond donors (Lipinski definition) is 1. The van der Waals surface area contributed by atoms with E-state index in [2.05, 4.69) is 25.5 Å². The number of anilines is 3. The average Bonchev–Trinajstić information content (AvgIpc) is 2.41. The van der Waals surface area contributed by atoms with Gasteiger partial charge >= 0.3 is 0 Å². The Balaban J connectivity index is 2.20. The standard InChI is InChI=1S/C12H16N6O/c1-8-7-13-12(15-11(8)18(2)3)14-9-5-6-10(19-4)17-16-9/h5-7H,1-4H3,(H,13,14,15,16). The minimum atomic E-state index is 0.462. The SMILES string of the molecule is COc1ccc(Nc2ncc(C)c(N(C)C)n2)nn1. The summed E-state index contributed by atoms with van der Waals surface area (Å²) in [6, 6.07) is 3.47. The Hall–Kier alpha value is -2.44. The second-order valence-electron chi connectivity index (χ2n) is 4.18. The molecule has 0 saturated heterocycles. The van der Waals surface area contributed by atoms with E-state index in [-0.39, 0.29) is 0 Å². The van der Waals surface area contributed by atoms with Crippen LogP contribution in [-0.2, 0) is 0 Å². The van der Waals surface area contributed by atoms with Crippen LogP contribution in [0.4, 0.5) is 17.6 Å². The molecule has 0 aliphatic heterocycles. The minimum absolute atomic E-state index is 0.462. The third-order valence-electron chi connectivity index (χ3n) is 2.46. The summed E-state index contributed by atoms with van der Waals surface area (Å²) in [7, 11) is 5.42. The summed E-state index contributed by atoms with van der Waals surface area (Å²) in [4.78, 5) is 10.6. The maximum Gasteiger partial charge on any atom is 0.233 e. The molecule has 0 spiro atoms. The molecule has 2 rings (SSSR count). The predicted octanol–water partition coefficient (Wildman–Crippen LogP) is 1.39. The molecule has 2 aromatic heterocycles. The third kappa shape index (κ3) is 3.06. The molecule has 7 heteroatoms. The van der Waals surface area contributed by atoms with Crippen LogP contribution in [0.25, 0.3) is 0 Å². The first kappa shape index (κ1) is 13.0. The van der Waals surface area contributed by atoms with E-state index in [1.54, 1.807) is 25.4 Å². The molecule has 0 unspecified atom stereocenters. The van der Waals surface area contributed by atoms with Gasteiger partial charge in [-0.25, -0.2) is 4.98 Å². The van der Waals surface area contributed by atoms with Gasteiger partial charge in [-0.15, -0.1) is 10.2 Å². The van der Waals surface area contributed by atoms with Crippen molar-refractivity contribution in [2.75, 3.05) is 31.4 Å². The van der Waals surface area contributed by atoms with E-state index in [1.807, 2.05) is 25.9 Å². The van der Waals surface area contributed by atoms with Crippen molar-refractivity contribution in [1.29, 1.82) is 0 Å². The Morgan fingerprint density at radius 3 is 2.58 bits per heavy atom. The zero-order chi connectivity index (χ0) is 13.8. The lowest BCUT2D eigenvalue weighted by atomic mass is 10.3. The lowest BCUT2D eigenvalue weighted by Crippen LogP contribution is -2.14. The van der Waals surface area contributed by atoms with Crippen molar-refractivity contribution < 1.29 is 4.74 Å². The highest BCUT2D eigenvalue weighted by Gasteiger charge is 2.06. The highest BCUT2D eigenvalue weighted by molar-refractivity contribution is 5.53.